The van der Waals surface area contributed by atoms with E-state index in [1.165, 1.54) is 0 Å². The van der Waals surface area contributed by atoms with E-state index in [0.29, 0.717) is 43.5 Å². The second-order valence-electron chi connectivity index (χ2n) is 4.86. The molecule has 5 heteroatoms. The minimum atomic E-state index is -0.450. The van der Waals surface area contributed by atoms with E-state index in [9.17, 15) is 4.79 Å². The smallest absolute Gasteiger partial charge is 0.263 e. The molecule has 1 aromatic carbocycles. The number of hydrogen-bond acceptors (Lipinski definition) is 3. The fourth-order valence-corrected chi connectivity index (χ4v) is 2.27. The van der Waals surface area contributed by atoms with Gasteiger partial charge in [-0.05, 0) is 37.1 Å². The topological polar surface area (TPSA) is 38.8 Å². The van der Waals surface area contributed by atoms with Gasteiger partial charge in [-0.3, -0.25) is 4.79 Å². The van der Waals surface area contributed by atoms with E-state index in [0.717, 1.165) is 5.56 Å². The summed E-state index contributed by atoms with van der Waals surface area (Å²) < 4.78 is 11.1. The third-order valence-electron chi connectivity index (χ3n) is 3.38. The highest BCUT2D eigenvalue weighted by molar-refractivity contribution is 6.31. The lowest BCUT2D eigenvalue weighted by atomic mass is 10.2. The predicted molar refractivity (Wildman–Crippen MR) is 78.3 cm³/mol. The van der Waals surface area contributed by atoms with Crippen molar-refractivity contribution in [2.45, 2.75) is 26.4 Å². The lowest BCUT2D eigenvalue weighted by Gasteiger charge is -2.30. The normalized spacial score (nSPS) is 16.9. The number of carbonyl (C=O) groups excluding carboxylic acids is 1. The largest absolute Gasteiger partial charge is 0.481 e. The molecule has 0 saturated carbocycles. The van der Waals surface area contributed by atoms with Crippen LogP contribution in [0, 0.1) is 6.92 Å². The predicted octanol–water partition coefficient (Wildman–Crippen LogP) is 2.66. The van der Waals surface area contributed by atoms with Gasteiger partial charge >= 0.3 is 0 Å². The van der Waals surface area contributed by atoms with Gasteiger partial charge in [0, 0.05) is 18.1 Å². The monoisotopic (exact) mass is 297 g/mol. The molecule has 0 radical (unpaired) electrons. The second-order valence-corrected chi connectivity index (χ2v) is 5.27. The fourth-order valence-electron chi connectivity index (χ4n) is 2.15. The average Bonchev–Trinajstić information content (AvgIpc) is 2.48. The van der Waals surface area contributed by atoms with Crippen molar-refractivity contribution in [1.82, 2.24) is 4.90 Å². The molecule has 1 aromatic rings. The van der Waals surface area contributed by atoms with Crippen molar-refractivity contribution in [3.05, 3.63) is 28.8 Å². The van der Waals surface area contributed by atoms with Crippen molar-refractivity contribution in [3.63, 3.8) is 0 Å². The van der Waals surface area contributed by atoms with Crippen molar-refractivity contribution in [2.75, 3.05) is 26.3 Å². The Morgan fingerprint density at radius 1 is 1.45 bits per heavy atom. The van der Waals surface area contributed by atoms with Crippen LogP contribution in [0.25, 0.3) is 0 Å². The van der Waals surface area contributed by atoms with Gasteiger partial charge in [0.2, 0.25) is 0 Å². The summed E-state index contributed by atoms with van der Waals surface area (Å²) >= 11 is 5.99. The first-order valence-electron chi connectivity index (χ1n) is 6.91. The summed E-state index contributed by atoms with van der Waals surface area (Å²) in [5.41, 5.74) is 0.942. The number of carbonyl (C=O) groups is 1. The average molecular weight is 298 g/mol. The first kappa shape index (κ1) is 15.1. The standard InChI is InChI=1S/C15H20ClNO3/c1-3-14(15(18)17-6-8-19-9-7-17)20-12-4-5-13(16)11(2)10-12/h4-5,10,14H,3,6-9H2,1-2H3/t14-/m0/s1. The van der Waals surface area contributed by atoms with Gasteiger partial charge in [-0.2, -0.15) is 0 Å². The van der Waals surface area contributed by atoms with Crippen LogP contribution in [0.15, 0.2) is 18.2 Å². The third-order valence-corrected chi connectivity index (χ3v) is 3.80. The van der Waals surface area contributed by atoms with E-state index in [-0.39, 0.29) is 5.91 Å². The highest BCUT2D eigenvalue weighted by atomic mass is 35.5. The molecule has 1 fully saturated rings. The number of aryl methyl sites for hydroxylation is 1. The molecule has 1 aliphatic heterocycles. The molecule has 4 nitrogen and oxygen atoms in total. The molecular weight excluding hydrogens is 278 g/mol. The number of nitrogens with zero attached hydrogens (tertiary/aromatic N) is 1. The lowest BCUT2D eigenvalue weighted by molar-refractivity contribution is -0.142. The molecule has 110 valence electrons. The minimum Gasteiger partial charge on any atom is -0.481 e. The summed E-state index contributed by atoms with van der Waals surface area (Å²) in [4.78, 5) is 14.2. The molecule has 0 aliphatic carbocycles. The lowest BCUT2D eigenvalue weighted by Crippen LogP contribution is -2.47. The van der Waals surface area contributed by atoms with Crippen molar-refractivity contribution in [2.24, 2.45) is 0 Å². The Morgan fingerprint density at radius 2 is 2.15 bits per heavy atom. The van der Waals surface area contributed by atoms with E-state index in [1.807, 2.05) is 19.9 Å². The van der Waals surface area contributed by atoms with Crippen LogP contribution in [0.4, 0.5) is 0 Å². The number of ether oxygens (including phenoxy) is 2. The van der Waals surface area contributed by atoms with Gasteiger partial charge in [-0.25, -0.2) is 0 Å². The van der Waals surface area contributed by atoms with E-state index in [4.69, 9.17) is 21.1 Å². The van der Waals surface area contributed by atoms with Crippen molar-refractivity contribution in [3.8, 4) is 5.75 Å². The number of morpholine rings is 1. The van der Waals surface area contributed by atoms with Crippen LogP contribution in [0.5, 0.6) is 5.75 Å². The van der Waals surface area contributed by atoms with Gasteiger partial charge in [-0.1, -0.05) is 18.5 Å². The van der Waals surface area contributed by atoms with E-state index in [2.05, 4.69) is 0 Å². The summed E-state index contributed by atoms with van der Waals surface area (Å²) in [5.74, 6) is 0.712. The SMILES string of the molecule is CC[C@H](Oc1ccc(Cl)c(C)c1)C(=O)N1CCOCC1. The van der Waals surface area contributed by atoms with Crippen LogP contribution < -0.4 is 4.74 Å². The summed E-state index contributed by atoms with van der Waals surface area (Å²) in [7, 11) is 0. The van der Waals surface area contributed by atoms with Crippen LogP contribution in [-0.4, -0.2) is 43.2 Å². The van der Waals surface area contributed by atoms with Crippen LogP contribution in [0.2, 0.25) is 5.02 Å². The first-order chi connectivity index (χ1) is 9.61. The zero-order valence-corrected chi connectivity index (χ0v) is 12.7. The molecule has 1 heterocycles. The summed E-state index contributed by atoms with van der Waals surface area (Å²) in [5, 5.41) is 0.699. The molecule has 0 N–H and O–H groups in total. The molecular formula is C15H20ClNO3. The third kappa shape index (κ3) is 3.64. The van der Waals surface area contributed by atoms with Crippen LogP contribution >= 0.6 is 11.6 Å². The quantitative estimate of drug-likeness (QED) is 0.857. The van der Waals surface area contributed by atoms with Gasteiger partial charge in [0.1, 0.15) is 5.75 Å². The Hall–Kier alpha value is -1.26. The second kappa shape index (κ2) is 6.95. The molecule has 0 bridgehead atoms. The maximum Gasteiger partial charge on any atom is 0.263 e. The molecule has 1 amide bonds. The molecule has 20 heavy (non-hydrogen) atoms. The van der Waals surface area contributed by atoms with Crippen molar-refractivity contribution < 1.29 is 14.3 Å². The van der Waals surface area contributed by atoms with Gasteiger partial charge < -0.3 is 14.4 Å². The molecule has 2 rings (SSSR count). The van der Waals surface area contributed by atoms with Crippen LogP contribution in [-0.2, 0) is 9.53 Å². The number of rotatable bonds is 4. The van der Waals surface area contributed by atoms with Crippen LogP contribution in [0.1, 0.15) is 18.9 Å². The van der Waals surface area contributed by atoms with Crippen molar-refractivity contribution >= 4 is 17.5 Å². The highest BCUT2D eigenvalue weighted by Gasteiger charge is 2.26. The molecule has 0 aromatic heterocycles. The van der Waals surface area contributed by atoms with Crippen LogP contribution in [0.3, 0.4) is 0 Å². The first-order valence-corrected chi connectivity index (χ1v) is 7.29. The Kier molecular flexibility index (Phi) is 5.26. The van der Waals surface area contributed by atoms with Gasteiger partial charge in [0.25, 0.3) is 5.91 Å². The van der Waals surface area contributed by atoms with Gasteiger partial charge in [0.05, 0.1) is 13.2 Å². The minimum absolute atomic E-state index is 0.0309. The van der Waals surface area contributed by atoms with E-state index >= 15 is 0 Å². The fraction of sp³-hybridized carbons (Fsp3) is 0.533. The van der Waals surface area contributed by atoms with Gasteiger partial charge in [0.15, 0.2) is 6.10 Å². The number of amides is 1. The summed E-state index contributed by atoms with van der Waals surface area (Å²) in [6, 6.07) is 5.44. The molecule has 1 aliphatic rings. The van der Waals surface area contributed by atoms with Crippen molar-refractivity contribution in [1.29, 1.82) is 0 Å². The molecule has 1 saturated heterocycles. The Morgan fingerprint density at radius 3 is 2.75 bits per heavy atom. The zero-order valence-electron chi connectivity index (χ0n) is 11.9. The number of hydrogen-bond donors (Lipinski definition) is 0. The highest BCUT2D eigenvalue weighted by Crippen LogP contribution is 2.22. The Bertz CT molecular complexity index is 472. The molecule has 0 unspecified atom stereocenters. The van der Waals surface area contributed by atoms with Gasteiger partial charge in [-0.15, -0.1) is 0 Å². The zero-order chi connectivity index (χ0) is 14.5. The maximum atomic E-state index is 12.4. The Labute approximate surface area is 124 Å². The molecule has 1 atom stereocenters. The van der Waals surface area contributed by atoms with E-state index < -0.39 is 6.10 Å². The summed E-state index contributed by atoms with van der Waals surface area (Å²) in [6.07, 6.45) is 0.186. The summed E-state index contributed by atoms with van der Waals surface area (Å²) in [6.45, 7) is 6.34. The Balaban J connectivity index is 2.03. The molecule has 0 spiro atoms. The maximum absolute atomic E-state index is 12.4. The van der Waals surface area contributed by atoms with E-state index in [1.54, 1.807) is 17.0 Å². The number of benzene rings is 1. The number of halogens is 1.